The van der Waals surface area contributed by atoms with Crippen molar-refractivity contribution in [3.05, 3.63) is 36.4 Å². The second kappa shape index (κ2) is 3.22. The Morgan fingerprint density at radius 2 is 1.92 bits per heavy atom. The van der Waals surface area contributed by atoms with E-state index >= 15 is 0 Å². The lowest BCUT2D eigenvalue weighted by molar-refractivity contribution is 1.05. The van der Waals surface area contributed by atoms with Crippen LogP contribution in [-0.4, -0.2) is 8.81 Å². The highest BCUT2D eigenvalue weighted by Gasteiger charge is 2.03. The monoisotopic (exact) mass is 237 g/mol. The van der Waals surface area contributed by atoms with Crippen molar-refractivity contribution in [2.75, 3.05) is 5.73 Å². The van der Waals surface area contributed by atoms with Gasteiger partial charge in [-0.1, -0.05) is 30.3 Å². The fraction of sp³-hybridized carbons (Fsp3) is 0. The second-order valence-corrected chi connectivity index (χ2v) is 3.35. The molecule has 13 heavy (non-hydrogen) atoms. The standard InChI is InChI=1S/C9H8BrN3/c10-13-9(11)6-8(12-13)7-4-2-1-3-5-7/h1-6H,11H2. The van der Waals surface area contributed by atoms with Gasteiger partial charge >= 0.3 is 0 Å². The predicted molar refractivity (Wildman–Crippen MR) is 56.4 cm³/mol. The molecular formula is C9H8BrN3. The van der Waals surface area contributed by atoms with Gasteiger partial charge in [-0.15, -0.1) is 0 Å². The molecule has 0 bridgehead atoms. The molecular weight excluding hydrogens is 230 g/mol. The summed E-state index contributed by atoms with van der Waals surface area (Å²) in [5.74, 6) is 0.596. The van der Waals surface area contributed by atoms with Gasteiger partial charge in [0.15, 0.2) is 0 Å². The summed E-state index contributed by atoms with van der Waals surface area (Å²) in [6, 6.07) is 11.7. The van der Waals surface area contributed by atoms with Crippen molar-refractivity contribution < 1.29 is 0 Å². The summed E-state index contributed by atoms with van der Waals surface area (Å²) < 4.78 is 1.48. The minimum absolute atomic E-state index is 0.596. The summed E-state index contributed by atoms with van der Waals surface area (Å²) in [6.45, 7) is 0. The Labute approximate surface area is 84.5 Å². The third-order valence-corrected chi connectivity index (χ3v) is 2.33. The van der Waals surface area contributed by atoms with Gasteiger partial charge in [-0.05, 0) is 0 Å². The summed E-state index contributed by atoms with van der Waals surface area (Å²) in [7, 11) is 0. The van der Waals surface area contributed by atoms with E-state index in [4.69, 9.17) is 5.73 Å². The molecule has 0 saturated heterocycles. The van der Waals surface area contributed by atoms with Gasteiger partial charge in [0.25, 0.3) is 0 Å². The van der Waals surface area contributed by atoms with E-state index in [2.05, 4.69) is 21.2 Å². The average molecular weight is 238 g/mol. The van der Waals surface area contributed by atoms with Crippen LogP contribution in [0.25, 0.3) is 11.3 Å². The summed E-state index contributed by atoms with van der Waals surface area (Å²) in [5, 5.41) is 4.19. The van der Waals surface area contributed by atoms with Crippen LogP contribution in [0, 0.1) is 0 Å². The molecule has 0 fully saturated rings. The number of anilines is 1. The number of halogens is 1. The van der Waals surface area contributed by atoms with E-state index in [0.29, 0.717) is 5.82 Å². The number of hydrogen-bond donors (Lipinski definition) is 1. The predicted octanol–water partition coefficient (Wildman–Crippen LogP) is 2.29. The topological polar surface area (TPSA) is 43.8 Å². The molecule has 0 atom stereocenters. The van der Waals surface area contributed by atoms with Crippen LogP contribution in [-0.2, 0) is 0 Å². The molecule has 2 aromatic rings. The largest absolute Gasteiger partial charge is 0.383 e. The molecule has 1 aromatic heterocycles. The lowest BCUT2D eigenvalue weighted by atomic mass is 10.2. The molecule has 0 aliphatic rings. The molecule has 0 radical (unpaired) electrons. The molecule has 2 rings (SSSR count). The molecule has 1 aromatic carbocycles. The van der Waals surface area contributed by atoms with Crippen molar-refractivity contribution in [2.24, 2.45) is 0 Å². The fourth-order valence-corrected chi connectivity index (χ4v) is 1.40. The number of rotatable bonds is 1. The number of aromatic nitrogens is 2. The van der Waals surface area contributed by atoms with Gasteiger partial charge in [-0.25, -0.2) is 0 Å². The maximum Gasteiger partial charge on any atom is 0.134 e. The van der Waals surface area contributed by atoms with Crippen LogP contribution in [0.5, 0.6) is 0 Å². The van der Waals surface area contributed by atoms with Gasteiger partial charge in [0, 0.05) is 11.6 Å². The Balaban J connectivity index is 2.48. The average Bonchev–Trinajstić information content (AvgIpc) is 2.49. The van der Waals surface area contributed by atoms with Crippen molar-refractivity contribution in [1.82, 2.24) is 8.81 Å². The number of hydrogen-bond acceptors (Lipinski definition) is 2. The van der Waals surface area contributed by atoms with E-state index in [1.807, 2.05) is 36.4 Å². The van der Waals surface area contributed by atoms with E-state index in [0.717, 1.165) is 11.3 Å². The first kappa shape index (κ1) is 8.31. The molecule has 0 saturated carbocycles. The number of nitrogen functional groups attached to an aromatic ring is 1. The van der Waals surface area contributed by atoms with Gasteiger partial charge < -0.3 is 5.73 Å². The molecule has 0 spiro atoms. The van der Waals surface area contributed by atoms with Crippen LogP contribution >= 0.6 is 16.1 Å². The molecule has 1 heterocycles. The van der Waals surface area contributed by atoms with Crippen molar-refractivity contribution in [1.29, 1.82) is 0 Å². The van der Waals surface area contributed by atoms with E-state index in [-0.39, 0.29) is 0 Å². The fourth-order valence-electron chi connectivity index (χ4n) is 1.12. The lowest BCUT2D eigenvalue weighted by Crippen LogP contribution is -1.90. The lowest BCUT2D eigenvalue weighted by Gasteiger charge is -1.92. The highest BCUT2D eigenvalue weighted by atomic mass is 79.9. The first-order valence-electron chi connectivity index (χ1n) is 3.84. The maximum atomic E-state index is 5.63. The van der Waals surface area contributed by atoms with E-state index in [1.165, 1.54) is 3.71 Å². The van der Waals surface area contributed by atoms with Crippen molar-refractivity contribution >= 4 is 22.0 Å². The zero-order valence-corrected chi connectivity index (χ0v) is 8.40. The maximum absolute atomic E-state index is 5.63. The summed E-state index contributed by atoms with van der Waals surface area (Å²) in [6.07, 6.45) is 0. The molecule has 0 unspecified atom stereocenters. The first-order chi connectivity index (χ1) is 6.27. The zero-order valence-electron chi connectivity index (χ0n) is 6.81. The normalized spacial score (nSPS) is 10.2. The zero-order chi connectivity index (χ0) is 9.26. The van der Waals surface area contributed by atoms with Crippen molar-refractivity contribution in [3.63, 3.8) is 0 Å². The van der Waals surface area contributed by atoms with Gasteiger partial charge in [-0.2, -0.15) is 8.81 Å². The molecule has 3 nitrogen and oxygen atoms in total. The van der Waals surface area contributed by atoms with E-state index in [9.17, 15) is 0 Å². The van der Waals surface area contributed by atoms with Crippen LogP contribution in [0.4, 0.5) is 5.82 Å². The van der Waals surface area contributed by atoms with Crippen molar-refractivity contribution in [3.8, 4) is 11.3 Å². The van der Waals surface area contributed by atoms with Gasteiger partial charge in [0.05, 0.1) is 21.8 Å². The highest BCUT2D eigenvalue weighted by Crippen LogP contribution is 2.20. The second-order valence-electron chi connectivity index (χ2n) is 2.68. The SMILES string of the molecule is Nc1cc(-c2ccccc2)nn1Br. The smallest absolute Gasteiger partial charge is 0.134 e. The third kappa shape index (κ3) is 1.58. The molecule has 66 valence electrons. The van der Waals surface area contributed by atoms with Crippen LogP contribution in [0.15, 0.2) is 36.4 Å². The molecule has 4 heteroatoms. The summed E-state index contributed by atoms with van der Waals surface area (Å²) >= 11 is 3.19. The van der Waals surface area contributed by atoms with Crippen LogP contribution in [0.3, 0.4) is 0 Å². The first-order valence-corrected chi connectivity index (χ1v) is 4.55. The molecule has 0 aliphatic carbocycles. The molecule has 2 N–H and O–H groups in total. The van der Waals surface area contributed by atoms with Crippen molar-refractivity contribution in [2.45, 2.75) is 0 Å². The number of nitrogens with zero attached hydrogens (tertiary/aromatic N) is 2. The number of nitrogens with two attached hydrogens (primary N) is 1. The Bertz CT molecular complexity index is 389. The van der Waals surface area contributed by atoms with Gasteiger partial charge in [0.2, 0.25) is 0 Å². The molecule has 0 aliphatic heterocycles. The third-order valence-electron chi connectivity index (χ3n) is 1.76. The van der Waals surface area contributed by atoms with Crippen LogP contribution in [0.2, 0.25) is 0 Å². The quantitative estimate of drug-likeness (QED) is 0.828. The Hall–Kier alpha value is -1.29. The van der Waals surface area contributed by atoms with Gasteiger partial charge in [-0.3, -0.25) is 0 Å². The van der Waals surface area contributed by atoms with Gasteiger partial charge in [0.1, 0.15) is 5.82 Å². The Kier molecular flexibility index (Phi) is 2.06. The Morgan fingerprint density at radius 3 is 2.46 bits per heavy atom. The summed E-state index contributed by atoms with van der Waals surface area (Å²) in [4.78, 5) is 0. The van der Waals surface area contributed by atoms with E-state index < -0.39 is 0 Å². The number of benzene rings is 1. The Morgan fingerprint density at radius 1 is 1.23 bits per heavy atom. The minimum Gasteiger partial charge on any atom is -0.383 e. The molecule has 0 amide bonds. The van der Waals surface area contributed by atoms with E-state index in [1.54, 1.807) is 0 Å². The summed E-state index contributed by atoms with van der Waals surface area (Å²) in [5.41, 5.74) is 7.56. The van der Waals surface area contributed by atoms with Crippen LogP contribution < -0.4 is 5.73 Å². The highest BCUT2D eigenvalue weighted by molar-refractivity contribution is 9.08. The minimum atomic E-state index is 0.596. The van der Waals surface area contributed by atoms with Crippen LogP contribution in [0.1, 0.15) is 0 Å².